The highest BCUT2D eigenvalue weighted by atomic mass is 16.6. The van der Waals surface area contributed by atoms with Crippen LogP contribution in [0.15, 0.2) is 0 Å². The van der Waals surface area contributed by atoms with E-state index in [1.807, 2.05) is 28.2 Å². The van der Waals surface area contributed by atoms with Gasteiger partial charge in [0.2, 0.25) is 0 Å². The molecule has 0 amide bonds. The molecule has 2 atom stereocenters. The van der Waals surface area contributed by atoms with Crippen LogP contribution in [0.2, 0.25) is 0 Å². The summed E-state index contributed by atoms with van der Waals surface area (Å²) >= 11 is 0. The number of hydrogen-bond donors (Lipinski definition) is 0. The van der Waals surface area contributed by atoms with Gasteiger partial charge < -0.3 is 27.9 Å². The molecule has 0 aliphatic rings. The van der Waals surface area contributed by atoms with E-state index in [2.05, 4.69) is 0 Å². The quantitative estimate of drug-likeness (QED) is 0.229. The van der Waals surface area contributed by atoms with Gasteiger partial charge in [-0.2, -0.15) is 0 Å². The molecular formula is C20H38N2O8+2. The average Bonchev–Trinajstić information content (AvgIpc) is 2.58. The summed E-state index contributed by atoms with van der Waals surface area (Å²) in [6, 6.07) is 0. The number of rotatable bonds is 13. The summed E-state index contributed by atoms with van der Waals surface area (Å²) < 4.78 is 21.2. The zero-order valence-electron chi connectivity index (χ0n) is 19.6. The van der Waals surface area contributed by atoms with E-state index in [4.69, 9.17) is 18.9 Å². The van der Waals surface area contributed by atoms with Crippen LogP contribution in [0.3, 0.4) is 0 Å². The van der Waals surface area contributed by atoms with Gasteiger partial charge in [-0.3, -0.25) is 9.59 Å². The van der Waals surface area contributed by atoms with Crippen LogP contribution in [-0.4, -0.2) is 113 Å². The summed E-state index contributed by atoms with van der Waals surface area (Å²) in [5.41, 5.74) is 0. The van der Waals surface area contributed by atoms with Gasteiger partial charge in [-0.15, -0.1) is 0 Å². The Morgan fingerprint density at radius 1 is 0.633 bits per heavy atom. The first-order valence-corrected chi connectivity index (χ1v) is 9.97. The molecule has 0 aliphatic heterocycles. The number of nitrogens with zero attached hydrogens (tertiary/aromatic N) is 2. The van der Waals surface area contributed by atoms with Crippen LogP contribution in [0.25, 0.3) is 0 Å². The van der Waals surface area contributed by atoms with Crippen molar-refractivity contribution in [2.75, 3.05) is 67.6 Å². The fourth-order valence-electron chi connectivity index (χ4n) is 2.38. The minimum Gasteiger partial charge on any atom is -0.457 e. The minimum absolute atomic E-state index is 0.219. The number of carbonyl (C=O) groups is 4. The first kappa shape index (κ1) is 27.8. The minimum atomic E-state index is -0.917. The molecule has 0 aromatic carbocycles. The van der Waals surface area contributed by atoms with Gasteiger partial charge in [0.05, 0.1) is 28.2 Å². The van der Waals surface area contributed by atoms with Crippen LogP contribution in [0.1, 0.15) is 27.7 Å². The van der Waals surface area contributed by atoms with Gasteiger partial charge in [0, 0.05) is 13.8 Å². The lowest BCUT2D eigenvalue weighted by Gasteiger charge is -2.35. The highest BCUT2D eigenvalue weighted by Gasteiger charge is 2.25. The highest BCUT2D eigenvalue weighted by molar-refractivity contribution is 5.78. The molecule has 0 unspecified atom stereocenters. The molecule has 10 heteroatoms. The number of likely N-dealkylation sites (N-methyl/N-ethyl adjacent to an activating group) is 2. The van der Waals surface area contributed by atoms with Crippen molar-refractivity contribution >= 4 is 23.9 Å². The Kier molecular flexibility index (Phi) is 11.6. The van der Waals surface area contributed by atoms with Crippen LogP contribution in [0, 0.1) is 0 Å². The van der Waals surface area contributed by atoms with E-state index in [1.165, 1.54) is 27.7 Å². The van der Waals surface area contributed by atoms with Gasteiger partial charge in [-0.25, -0.2) is 9.59 Å². The molecule has 0 radical (unpaired) electrons. The Labute approximate surface area is 179 Å². The van der Waals surface area contributed by atoms with E-state index in [0.29, 0.717) is 22.1 Å². The number of hydrogen-bond acceptors (Lipinski definition) is 8. The van der Waals surface area contributed by atoms with Gasteiger partial charge in [0.15, 0.2) is 12.2 Å². The van der Waals surface area contributed by atoms with Crippen LogP contribution >= 0.6 is 0 Å². The zero-order valence-corrected chi connectivity index (χ0v) is 19.6. The van der Waals surface area contributed by atoms with Crippen molar-refractivity contribution in [3.05, 3.63) is 0 Å². The average molecular weight is 435 g/mol. The van der Waals surface area contributed by atoms with Gasteiger partial charge in [-0.05, 0) is 13.8 Å². The maximum absolute atomic E-state index is 11.8. The Bertz CT molecular complexity index is 552. The predicted molar refractivity (Wildman–Crippen MR) is 108 cm³/mol. The summed E-state index contributed by atoms with van der Waals surface area (Å²) in [5.74, 6) is -2.18. The first-order chi connectivity index (χ1) is 13.6. The second-order valence-electron chi connectivity index (χ2n) is 8.60. The summed E-state index contributed by atoms with van der Waals surface area (Å²) in [6.45, 7) is 8.70. The predicted octanol–water partition coefficient (Wildman–Crippen LogP) is 0.129. The fourth-order valence-corrected chi connectivity index (χ4v) is 2.38. The Morgan fingerprint density at radius 3 is 1.20 bits per heavy atom. The second-order valence-corrected chi connectivity index (χ2v) is 8.60. The SMILES string of the molecule is CC(=O)O[C@@H](C)C(=O)OCC[N+](C)(C)CC[N+](C)(C)CCOC(=O)[C@H](C)OC(C)=O. The van der Waals surface area contributed by atoms with Crippen molar-refractivity contribution in [1.82, 2.24) is 0 Å². The summed E-state index contributed by atoms with van der Waals surface area (Å²) in [6.07, 6.45) is -1.83. The Balaban J connectivity index is 4.27. The lowest BCUT2D eigenvalue weighted by Crippen LogP contribution is -2.53. The number of quaternary nitrogens is 2. The molecule has 10 nitrogen and oxygen atoms in total. The van der Waals surface area contributed by atoms with Gasteiger partial charge in [0.1, 0.15) is 39.4 Å². The normalized spacial score (nSPS) is 13.7. The second kappa shape index (κ2) is 12.5. The van der Waals surface area contributed by atoms with Crippen molar-refractivity contribution in [3.63, 3.8) is 0 Å². The molecule has 0 bridgehead atoms. The van der Waals surface area contributed by atoms with E-state index < -0.39 is 36.1 Å². The largest absolute Gasteiger partial charge is 0.457 e. The maximum Gasteiger partial charge on any atom is 0.347 e. The van der Waals surface area contributed by atoms with Crippen molar-refractivity contribution < 1.29 is 47.1 Å². The monoisotopic (exact) mass is 434 g/mol. The number of esters is 4. The molecule has 0 aliphatic carbocycles. The Hall–Kier alpha value is -2.20. The molecule has 0 aromatic heterocycles. The van der Waals surface area contributed by atoms with Crippen LogP contribution in [0.5, 0.6) is 0 Å². The summed E-state index contributed by atoms with van der Waals surface area (Å²) in [4.78, 5) is 45.3. The third-order valence-corrected chi connectivity index (χ3v) is 4.54. The zero-order chi connectivity index (χ0) is 23.5. The number of ether oxygens (including phenoxy) is 4. The molecule has 174 valence electrons. The van der Waals surface area contributed by atoms with Crippen LogP contribution in [-0.2, 0) is 38.1 Å². The number of carbonyl (C=O) groups excluding carboxylic acids is 4. The van der Waals surface area contributed by atoms with Crippen molar-refractivity contribution in [1.29, 1.82) is 0 Å². The molecule has 30 heavy (non-hydrogen) atoms. The molecule has 0 rings (SSSR count). The van der Waals surface area contributed by atoms with Gasteiger partial charge in [-0.1, -0.05) is 0 Å². The molecule has 0 aromatic rings. The van der Waals surface area contributed by atoms with E-state index >= 15 is 0 Å². The lowest BCUT2D eigenvalue weighted by atomic mass is 10.3. The topological polar surface area (TPSA) is 105 Å². The molecule has 0 saturated heterocycles. The molecule has 0 spiro atoms. The lowest BCUT2D eigenvalue weighted by molar-refractivity contribution is -0.945. The van der Waals surface area contributed by atoms with E-state index in [9.17, 15) is 19.2 Å². The fraction of sp³-hybridized carbons (Fsp3) is 0.800. The summed E-state index contributed by atoms with van der Waals surface area (Å²) in [5, 5.41) is 0. The van der Waals surface area contributed by atoms with Crippen molar-refractivity contribution in [2.45, 2.75) is 39.9 Å². The Morgan fingerprint density at radius 2 is 0.933 bits per heavy atom. The van der Waals surface area contributed by atoms with E-state index in [1.54, 1.807) is 0 Å². The van der Waals surface area contributed by atoms with Crippen LogP contribution < -0.4 is 0 Å². The standard InChI is InChI=1S/C20H38N2O8/c1-15(29-17(3)23)19(25)27-13-11-21(5,6)9-10-22(7,8)12-14-28-20(26)16(2)30-18(4)24/h15-16H,9-14H2,1-8H3/q+2/t15-,16-/m0/s1. The molecule has 0 fully saturated rings. The summed E-state index contributed by atoms with van der Waals surface area (Å²) in [7, 11) is 8.13. The molecule has 0 heterocycles. The first-order valence-electron chi connectivity index (χ1n) is 9.97. The smallest absolute Gasteiger partial charge is 0.347 e. The van der Waals surface area contributed by atoms with Gasteiger partial charge >= 0.3 is 23.9 Å². The van der Waals surface area contributed by atoms with Gasteiger partial charge in [0.25, 0.3) is 0 Å². The maximum atomic E-state index is 11.8. The molecule has 0 N–H and O–H groups in total. The van der Waals surface area contributed by atoms with Crippen molar-refractivity contribution in [3.8, 4) is 0 Å². The highest BCUT2D eigenvalue weighted by Crippen LogP contribution is 2.05. The van der Waals surface area contributed by atoms with E-state index in [0.717, 1.165) is 13.1 Å². The third-order valence-electron chi connectivity index (χ3n) is 4.54. The van der Waals surface area contributed by atoms with E-state index in [-0.39, 0.29) is 13.2 Å². The third kappa shape index (κ3) is 13.1. The molecule has 0 saturated carbocycles. The van der Waals surface area contributed by atoms with Crippen molar-refractivity contribution in [2.24, 2.45) is 0 Å². The van der Waals surface area contributed by atoms with Crippen LogP contribution in [0.4, 0.5) is 0 Å². The molecular weight excluding hydrogens is 396 g/mol.